The van der Waals surface area contributed by atoms with Crippen LogP contribution in [0.3, 0.4) is 0 Å². The standard InChI is InChI=1S/C15H22N2O2/c1-10-5-11(2)14(12(3)6-10)17-13(18)7-19-15(4)8-16-9-15/h5-6,16H,7-9H2,1-4H3,(H,17,18). The zero-order valence-corrected chi connectivity index (χ0v) is 12.1. The third-order valence-electron chi connectivity index (χ3n) is 3.49. The summed E-state index contributed by atoms with van der Waals surface area (Å²) < 4.78 is 5.63. The fraction of sp³-hybridized carbons (Fsp3) is 0.533. The zero-order valence-electron chi connectivity index (χ0n) is 12.1. The maximum Gasteiger partial charge on any atom is 0.250 e. The maximum absolute atomic E-state index is 11.9. The highest BCUT2D eigenvalue weighted by molar-refractivity contribution is 5.93. The molecular formula is C15H22N2O2. The molecule has 0 aliphatic carbocycles. The number of rotatable bonds is 4. The Morgan fingerprint density at radius 2 is 1.89 bits per heavy atom. The number of nitrogens with one attached hydrogen (secondary N) is 2. The Labute approximate surface area is 114 Å². The molecule has 0 bridgehead atoms. The third-order valence-corrected chi connectivity index (χ3v) is 3.49. The molecule has 1 aromatic carbocycles. The molecule has 0 aromatic heterocycles. The highest BCUT2D eigenvalue weighted by Gasteiger charge is 2.33. The molecule has 0 radical (unpaired) electrons. The molecule has 0 atom stereocenters. The van der Waals surface area contributed by atoms with Crippen LogP contribution in [0.5, 0.6) is 0 Å². The largest absolute Gasteiger partial charge is 0.363 e. The average molecular weight is 262 g/mol. The predicted octanol–water partition coefficient (Wildman–Crippen LogP) is 1.93. The Balaban J connectivity index is 1.95. The number of carbonyl (C=O) groups excluding carboxylic acids is 1. The van der Waals surface area contributed by atoms with E-state index in [9.17, 15) is 4.79 Å². The topological polar surface area (TPSA) is 50.4 Å². The van der Waals surface area contributed by atoms with Crippen molar-refractivity contribution in [3.05, 3.63) is 28.8 Å². The van der Waals surface area contributed by atoms with Gasteiger partial charge in [-0.1, -0.05) is 17.7 Å². The third kappa shape index (κ3) is 3.33. The van der Waals surface area contributed by atoms with Crippen LogP contribution in [0, 0.1) is 20.8 Å². The van der Waals surface area contributed by atoms with Gasteiger partial charge in [0.15, 0.2) is 0 Å². The fourth-order valence-electron chi connectivity index (χ4n) is 2.37. The molecule has 1 fully saturated rings. The Morgan fingerprint density at radius 1 is 1.32 bits per heavy atom. The van der Waals surface area contributed by atoms with Crippen molar-refractivity contribution in [1.82, 2.24) is 5.32 Å². The first-order chi connectivity index (χ1) is 8.89. The fourth-order valence-corrected chi connectivity index (χ4v) is 2.37. The first kappa shape index (κ1) is 14.0. The lowest BCUT2D eigenvalue weighted by atomic mass is 10.0. The molecule has 1 saturated heterocycles. The van der Waals surface area contributed by atoms with Gasteiger partial charge in [0.1, 0.15) is 6.61 Å². The number of aryl methyl sites for hydroxylation is 3. The number of amides is 1. The number of hydrogen-bond donors (Lipinski definition) is 2. The van der Waals surface area contributed by atoms with Gasteiger partial charge in [0.05, 0.1) is 5.60 Å². The summed E-state index contributed by atoms with van der Waals surface area (Å²) in [7, 11) is 0. The Morgan fingerprint density at radius 3 is 2.37 bits per heavy atom. The summed E-state index contributed by atoms with van der Waals surface area (Å²) >= 11 is 0. The molecule has 1 aliphatic heterocycles. The molecule has 0 saturated carbocycles. The van der Waals surface area contributed by atoms with Crippen LogP contribution in [0.2, 0.25) is 0 Å². The number of ether oxygens (including phenoxy) is 1. The summed E-state index contributed by atoms with van der Waals surface area (Å²) in [6.07, 6.45) is 0. The summed E-state index contributed by atoms with van der Waals surface area (Å²) in [4.78, 5) is 11.9. The monoisotopic (exact) mass is 262 g/mol. The summed E-state index contributed by atoms with van der Waals surface area (Å²) in [5, 5.41) is 6.09. The molecule has 0 unspecified atom stereocenters. The molecule has 2 N–H and O–H groups in total. The quantitative estimate of drug-likeness (QED) is 0.871. The number of carbonyl (C=O) groups is 1. The molecule has 19 heavy (non-hydrogen) atoms. The van der Waals surface area contributed by atoms with Crippen molar-refractivity contribution in [2.45, 2.75) is 33.3 Å². The highest BCUT2D eigenvalue weighted by Crippen LogP contribution is 2.22. The predicted molar refractivity (Wildman–Crippen MR) is 76.5 cm³/mol. The number of benzene rings is 1. The van der Waals surface area contributed by atoms with Gasteiger partial charge in [-0.2, -0.15) is 0 Å². The summed E-state index contributed by atoms with van der Waals surface area (Å²) in [5.41, 5.74) is 4.09. The second kappa shape index (κ2) is 5.31. The summed E-state index contributed by atoms with van der Waals surface area (Å²) in [5.74, 6) is -0.0943. The second-order valence-corrected chi connectivity index (χ2v) is 5.66. The summed E-state index contributed by atoms with van der Waals surface area (Å²) in [6.45, 7) is 9.80. The first-order valence-corrected chi connectivity index (χ1v) is 6.62. The van der Waals surface area contributed by atoms with Crippen molar-refractivity contribution in [3.8, 4) is 0 Å². The van der Waals surface area contributed by atoms with Crippen molar-refractivity contribution < 1.29 is 9.53 Å². The molecule has 4 heteroatoms. The molecular weight excluding hydrogens is 240 g/mol. The van der Waals surface area contributed by atoms with E-state index in [1.165, 1.54) is 5.56 Å². The lowest BCUT2D eigenvalue weighted by Gasteiger charge is -2.38. The van der Waals surface area contributed by atoms with Crippen LogP contribution in [-0.4, -0.2) is 31.2 Å². The van der Waals surface area contributed by atoms with E-state index in [0.717, 1.165) is 29.9 Å². The molecule has 1 amide bonds. The van der Waals surface area contributed by atoms with Crippen LogP contribution in [0.4, 0.5) is 5.69 Å². The van der Waals surface area contributed by atoms with E-state index in [1.54, 1.807) is 0 Å². The van der Waals surface area contributed by atoms with Crippen molar-refractivity contribution in [3.63, 3.8) is 0 Å². The van der Waals surface area contributed by atoms with Gasteiger partial charge in [-0.25, -0.2) is 0 Å². The first-order valence-electron chi connectivity index (χ1n) is 6.62. The van der Waals surface area contributed by atoms with Gasteiger partial charge in [-0.3, -0.25) is 4.79 Å². The lowest BCUT2D eigenvalue weighted by molar-refractivity contribution is -0.130. The lowest BCUT2D eigenvalue weighted by Crippen LogP contribution is -2.59. The van der Waals surface area contributed by atoms with E-state index in [0.29, 0.717) is 0 Å². The van der Waals surface area contributed by atoms with Crippen LogP contribution < -0.4 is 10.6 Å². The van der Waals surface area contributed by atoms with Gasteiger partial charge in [0.25, 0.3) is 0 Å². The molecule has 0 spiro atoms. The Bertz CT molecular complexity index is 470. The highest BCUT2D eigenvalue weighted by atomic mass is 16.5. The van der Waals surface area contributed by atoms with Crippen molar-refractivity contribution in [2.24, 2.45) is 0 Å². The van der Waals surface area contributed by atoms with Crippen LogP contribution in [0.25, 0.3) is 0 Å². The maximum atomic E-state index is 11.9. The zero-order chi connectivity index (χ0) is 14.0. The minimum atomic E-state index is -0.186. The van der Waals surface area contributed by atoms with Gasteiger partial charge >= 0.3 is 0 Å². The van der Waals surface area contributed by atoms with Crippen LogP contribution in [0.1, 0.15) is 23.6 Å². The smallest absolute Gasteiger partial charge is 0.250 e. The molecule has 1 aromatic rings. The number of anilines is 1. The van der Waals surface area contributed by atoms with Crippen molar-refractivity contribution >= 4 is 11.6 Å². The molecule has 2 rings (SSSR count). The Kier molecular flexibility index (Phi) is 3.92. The van der Waals surface area contributed by atoms with Crippen molar-refractivity contribution in [1.29, 1.82) is 0 Å². The summed E-state index contributed by atoms with van der Waals surface area (Å²) in [6, 6.07) is 4.14. The SMILES string of the molecule is Cc1cc(C)c(NC(=O)COC2(C)CNC2)c(C)c1. The van der Waals surface area contributed by atoms with E-state index in [4.69, 9.17) is 4.74 Å². The van der Waals surface area contributed by atoms with Gasteiger partial charge in [0, 0.05) is 18.8 Å². The van der Waals surface area contributed by atoms with E-state index < -0.39 is 0 Å². The van der Waals surface area contributed by atoms with E-state index in [-0.39, 0.29) is 18.1 Å². The van der Waals surface area contributed by atoms with Crippen LogP contribution in [-0.2, 0) is 9.53 Å². The Hall–Kier alpha value is -1.39. The van der Waals surface area contributed by atoms with E-state index in [1.807, 2.05) is 20.8 Å². The van der Waals surface area contributed by atoms with Crippen molar-refractivity contribution in [2.75, 3.05) is 25.0 Å². The normalized spacial score (nSPS) is 16.8. The molecule has 104 valence electrons. The minimum Gasteiger partial charge on any atom is -0.363 e. The molecule has 4 nitrogen and oxygen atoms in total. The molecule has 1 aliphatic rings. The van der Waals surface area contributed by atoms with Crippen LogP contribution in [0.15, 0.2) is 12.1 Å². The van der Waals surface area contributed by atoms with Crippen LogP contribution >= 0.6 is 0 Å². The van der Waals surface area contributed by atoms with E-state index in [2.05, 4.69) is 29.7 Å². The van der Waals surface area contributed by atoms with Gasteiger partial charge in [-0.15, -0.1) is 0 Å². The van der Waals surface area contributed by atoms with E-state index >= 15 is 0 Å². The number of hydrogen-bond acceptors (Lipinski definition) is 3. The van der Waals surface area contributed by atoms with Gasteiger partial charge < -0.3 is 15.4 Å². The second-order valence-electron chi connectivity index (χ2n) is 5.66. The minimum absolute atomic E-state index is 0.0943. The molecule has 1 heterocycles. The average Bonchev–Trinajstić information content (AvgIpc) is 2.28. The van der Waals surface area contributed by atoms with Gasteiger partial charge in [-0.05, 0) is 38.8 Å². The van der Waals surface area contributed by atoms with Gasteiger partial charge in [0.2, 0.25) is 5.91 Å².